The first-order chi connectivity index (χ1) is 10.6. The number of hydrogen-bond donors (Lipinski definition) is 1. The lowest BCUT2D eigenvalue weighted by Crippen LogP contribution is -2.45. The molecule has 0 bridgehead atoms. The van der Waals surface area contributed by atoms with Gasteiger partial charge in [-0.1, -0.05) is 18.6 Å². The molecule has 2 aliphatic rings. The highest BCUT2D eigenvalue weighted by atomic mass is 19.1. The molecular weight excluding hydrogens is 289 g/mol. The van der Waals surface area contributed by atoms with Crippen LogP contribution in [0.5, 0.6) is 5.75 Å². The summed E-state index contributed by atoms with van der Waals surface area (Å²) in [5.41, 5.74) is 0. The molecule has 1 aromatic rings. The fourth-order valence-electron chi connectivity index (χ4n) is 3.66. The number of rotatable bonds is 4. The Morgan fingerprint density at radius 3 is 2.82 bits per heavy atom. The number of carbonyl (C=O) groups excluding carboxylic acids is 1. The molecule has 0 radical (unpaired) electrons. The standard InChI is InChI=1S/C16H18FNO4/c17-12-6-1-2-7-13(12)22-9-14(19)18-8-10-4-3-5-11(10)15(18)16(20)21/h1-2,6-7,10-11,15H,3-5,8-9H2,(H,20,21). The summed E-state index contributed by atoms with van der Waals surface area (Å²) in [7, 11) is 0. The van der Waals surface area contributed by atoms with Crippen molar-refractivity contribution in [1.29, 1.82) is 0 Å². The van der Waals surface area contributed by atoms with Gasteiger partial charge < -0.3 is 14.7 Å². The molecule has 0 spiro atoms. The van der Waals surface area contributed by atoms with Crippen molar-refractivity contribution >= 4 is 11.9 Å². The van der Waals surface area contributed by atoms with Gasteiger partial charge in [0, 0.05) is 6.54 Å². The van der Waals surface area contributed by atoms with E-state index in [-0.39, 0.29) is 24.2 Å². The number of aliphatic carboxylic acids is 1. The minimum atomic E-state index is -0.964. The fourth-order valence-corrected chi connectivity index (χ4v) is 3.66. The minimum Gasteiger partial charge on any atom is -0.481 e. The van der Waals surface area contributed by atoms with Crippen molar-refractivity contribution < 1.29 is 23.8 Å². The third-order valence-electron chi connectivity index (χ3n) is 4.65. The van der Waals surface area contributed by atoms with Crippen LogP contribution in [0.3, 0.4) is 0 Å². The van der Waals surface area contributed by atoms with Gasteiger partial charge in [-0.3, -0.25) is 4.79 Å². The van der Waals surface area contributed by atoms with Gasteiger partial charge in [-0.05, 0) is 36.8 Å². The van der Waals surface area contributed by atoms with Gasteiger partial charge in [0.05, 0.1) is 0 Å². The van der Waals surface area contributed by atoms with Gasteiger partial charge in [0.2, 0.25) is 0 Å². The van der Waals surface area contributed by atoms with Gasteiger partial charge in [-0.2, -0.15) is 0 Å². The van der Waals surface area contributed by atoms with Crippen molar-refractivity contribution in [3.05, 3.63) is 30.1 Å². The predicted molar refractivity (Wildman–Crippen MR) is 75.9 cm³/mol. The van der Waals surface area contributed by atoms with Crippen molar-refractivity contribution in [3.8, 4) is 5.75 Å². The molecule has 2 fully saturated rings. The molecule has 118 valence electrons. The molecule has 6 heteroatoms. The van der Waals surface area contributed by atoms with Crippen molar-refractivity contribution in [2.75, 3.05) is 13.2 Å². The highest BCUT2D eigenvalue weighted by Gasteiger charge is 2.49. The average Bonchev–Trinajstić information content (AvgIpc) is 3.05. The van der Waals surface area contributed by atoms with Crippen molar-refractivity contribution in [2.45, 2.75) is 25.3 Å². The van der Waals surface area contributed by atoms with E-state index in [1.54, 1.807) is 6.07 Å². The molecule has 1 heterocycles. The number of para-hydroxylation sites is 1. The first-order valence-electron chi connectivity index (χ1n) is 7.47. The van der Waals surface area contributed by atoms with Crippen molar-refractivity contribution in [1.82, 2.24) is 4.90 Å². The minimum absolute atomic E-state index is 0.00196. The van der Waals surface area contributed by atoms with Crippen molar-refractivity contribution in [3.63, 3.8) is 0 Å². The van der Waals surface area contributed by atoms with E-state index in [9.17, 15) is 19.1 Å². The van der Waals surface area contributed by atoms with Crippen molar-refractivity contribution in [2.24, 2.45) is 11.8 Å². The lowest BCUT2D eigenvalue weighted by Gasteiger charge is -2.24. The smallest absolute Gasteiger partial charge is 0.326 e. The van der Waals surface area contributed by atoms with Crippen LogP contribution in [0.1, 0.15) is 19.3 Å². The number of carbonyl (C=O) groups is 2. The number of benzene rings is 1. The molecule has 0 aromatic heterocycles. The quantitative estimate of drug-likeness (QED) is 0.923. The Balaban J connectivity index is 1.67. The second-order valence-corrected chi connectivity index (χ2v) is 5.90. The zero-order chi connectivity index (χ0) is 15.7. The lowest BCUT2D eigenvalue weighted by atomic mass is 9.94. The molecule has 1 saturated heterocycles. The van der Waals surface area contributed by atoms with Gasteiger partial charge in [0.1, 0.15) is 6.04 Å². The molecule has 3 rings (SSSR count). The number of amides is 1. The highest BCUT2D eigenvalue weighted by Crippen LogP contribution is 2.42. The molecule has 1 N–H and O–H groups in total. The van der Waals surface area contributed by atoms with Crippen LogP contribution in [-0.4, -0.2) is 41.1 Å². The molecule has 3 atom stereocenters. The number of hydrogen-bond acceptors (Lipinski definition) is 3. The summed E-state index contributed by atoms with van der Waals surface area (Å²) >= 11 is 0. The van der Waals surface area contributed by atoms with Gasteiger partial charge in [0.25, 0.3) is 5.91 Å². The number of likely N-dealkylation sites (tertiary alicyclic amines) is 1. The summed E-state index contributed by atoms with van der Waals surface area (Å²) in [6.45, 7) is 0.116. The van der Waals surface area contributed by atoms with E-state index < -0.39 is 23.7 Å². The Labute approximate surface area is 127 Å². The topological polar surface area (TPSA) is 66.8 Å². The first-order valence-corrected chi connectivity index (χ1v) is 7.47. The Morgan fingerprint density at radius 2 is 2.09 bits per heavy atom. The predicted octanol–water partition coefficient (Wildman–Crippen LogP) is 1.92. The summed E-state index contributed by atoms with van der Waals surface area (Å²) in [5.74, 6) is -1.60. The van der Waals surface area contributed by atoms with E-state index in [2.05, 4.69) is 0 Å². The summed E-state index contributed by atoms with van der Waals surface area (Å²) in [4.78, 5) is 25.2. The van der Waals surface area contributed by atoms with Crippen LogP contribution in [0, 0.1) is 17.7 Å². The monoisotopic (exact) mass is 307 g/mol. The van der Waals surface area contributed by atoms with Gasteiger partial charge >= 0.3 is 5.97 Å². The van der Waals surface area contributed by atoms with Crippen LogP contribution in [0.2, 0.25) is 0 Å². The van der Waals surface area contributed by atoms with Gasteiger partial charge in [-0.25, -0.2) is 9.18 Å². The fraction of sp³-hybridized carbons (Fsp3) is 0.500. The molecule has 22 heavy (non-hydrogen) atoms. The first kappa shape index (κ1) is 14.8. The Morgan fingerprint density at radius 1 is 1.32 bits per heavy atom. The van der Waals surface area contributed by atoms with Crippen LogP contribution in [-0.2, 0) is 9.59 Å². The maximum absolute atomic E-state index is 13.5. The zero-order valence-electron chi connectivity index (χ0n) is 12.1. The van der Waals surface area contributed by atoms with E-state index in [0.29, 0.717) is 6.54 Å². The largest absolute Gasteiger partial charge is 0.481 e. The Hall–Kier alpha value is -2.11. The molecule has 3 unspecified atom stereocenters. The number of halogens is 1. The summed E-state index contributed by atoms with van der Waals surface area (Å²) in [6.07, 6.45) is 2.83. The van der Waals surface area contributed by atoms with Crippen LogP contribution < -0.4 is 4.74 Å². The number of ether oxygens (including phenoxy) is 1. The molecular formula is C16H18FNO4. The van der Waals surface area contributed by atoms with E-state index >= 15 is 0 Å². The van der Waals surface area contributed by atoms with E-state index in [1.165, 1.54) is 23.1 Å². The maximum atomic E-state index is 13.5. The number of fused-ring (bicyclic) bond motifs is 1. The molecule has 1 amide bonds. The average molecular weight is 307 g/mol. The second kappa shape index (κ2) is 5.94. The third-order valence-corrected chi connectivity index (χ3v) is 4.65. The summed E-state index contributed by atoms with van der Waals surface area (Å²) in [6, 6.07) is 5.06. The molecule has 1 aromatic carbocycles. The van der Waals surface area contributed by atoms with Crippen LogP contribution in [0.4, 0.5) is 4.39 Å². The SMILES string of the molecule is O=C(O)C1C2CCCC2CN1C(=O)COc1ccccc1F. The van der Waals surface area contributed by atoms with E-state index in [1.807, 2.05) is 0 Å². The second-order valence-electron chi connectivity index (χ2n) is 5.90. The third kappa shape index (κ3) is 2.65. The van der Waals surface area contributed by atoms with E-state index in [4.69, 9.17) is 4.74 Å². The Bertz CT molecular complexity index is 591. The van der Waals surface area contributed by atoms with Crippen LogP contribution in [0.15, 0.2) is 24.3 Å². The molecule has 1 saturated carbocycles. The Kier molecular flexibility index (Phi) is 4.00. The number of carboxylic acids is 1. The lowest BCUT2D eigenvalue weighted by molar-refractivity contribution is -0.150. The number of carboxylic acid groups (broad SMARTS) is 1. The zero-order valence-corrected chi connectivity index (χ0v) is 12.1. The van der Waals surface area contributed by atoms with E-state index in [0.717, 1.165) is 19.3 Å². The number of nitrogens with zero attached hydrogens (tertiary/aromatic N) is 1. The molecule has 1 aliphatic heterocycles. The van der Waals surface area contributed by atoms with Crippen LogP contribution in [0.25, 0.3) is 0 Å². The molecule has 1 aliphatic carbocycles. The maximum Gasteiger partial charge on any atom is 0.326 e. The highest BCUT2D eigenvalue weighted by molar-refractivity contribution is 5.85. The summed E-state index contributed by atoms with van der Waals surface area (Å²) in [5, 5.41) is 9.41. The summed E-state index contributed by atoms with van der Waals surface area (Å²) < 4.78 is 18.7. The normalized spacial score (nSPS) is 26.8. The molecule has 5 nitrogen and oxygen atoms in total. The van der Waals surface area contributed by atoms with Gasteiger partial charge in [-0.15, -0.1) is 0 Å². The van der Waals surface area contributed by atoms with Gasteiger partial charge in [0.15, 0.2) is 18.2 Å². The van der Waals surface area contributed by atoms with Crippen LogP contribution >= 0.6 is 0 Å².